The van der Waals surface area contributed by atoms with Gasteiger partial charge in [-0.25, -0.2) is 0 Å². The van der Waals surface area contributed by atoms with E-state index in [1.54, 1.807) is 10.9 Å². The van der Waals surface area contributed by atoms with Gasteiger partial charge in [0, 0.05) is 24.9 Å². The van der Waals surface area contributed by atoms with Gasteiger partial charge in [0.15, 0.2) is 0 Å². The van der Waals surface area contributed by atoms with Crippen LogP contribution in [0.3, 0.4) is 0 Å². The molecule has 0 atom stereocenters. The van der Waals surface area contributed by atoms with E-state index >= 15 is 0 Å². The molecule has 0 saturated carbocycles. The van der Waals surface area contributed by atoms with Gasteiger partial charge in [0.25, 0.3) is 0 Å². The molecule has 0 aliphatic carbocycles. The van der Waals surface area contributed by atoms with Crippen molar-refractivity contribution < 1.29 is 4.79 Å². The van der Waals surface area contributed by atoms with Crippen LogP contribution in [-0.4, -0.2) is 20.5 Å². The van der Waals surface area contributed by atoms with Gasteiger partial charge >= 0.3 is 0 Å². The lowest BCUT2D eigenvalue weighted by molar-refractivity contribution is -0.117. The third-order valence-corrected chi connectivity index (χ3v) is 3.41. The van der Waals surface area contributed by atoms with Crippen molar-refractivity contribution in [3.05, 3.63) is 46.5 Å². The van der Waals surface area contributed by atoms with E-state index < -0.39 is 0 Å². The molecule has 0 saturated heterocycles. The molecule has 0 bridgehead atoms. The Kier molecular flexibility index (Phi) is 4.32. The number of halogens is 1. The highest BCUT2D eigenvalue weighted by molar-refractivity contribution is 6.32. The standard InChI is InChI=1S/C14H16ClN3O/c1-3-18-13(14(15)10(2)17-18)9-12(19)8-11-6-4-5-7-16-11/h4-7H,3,8-9H2,1-2H3. The highest BCUT2D eigenvalue weighted by Crippen LogP contribution is 2.21. The zero-order valence-electron chi connectivity index (χ0n) is 11.1. The molecule has 0 fully saturated rings. The first-order valence-electron chi connectivity index (χ1n) is 6.25. The van der Waals surface area contributed by atoms with Gasteiger partial charge in [-0.15, -0.1) is 0 Å². The Balaban J connectivity index is 2.11. The number of Topliss-reactive ketones (excluding diaryl/α,β-unsaturated/α-hetero) is 1. The normalized spacial score (nSPS) is 10.7. The molecule has 0 N–H and O–H groups in total. The third-order valence-electron chi connectivity index (χ3n) is 2.92. The van der Waals surface area contributed by atoms with Gasteiger partial charge in [-0.2, -0.15) is 5.10 Å². The molecule has 2 rings (SSSR count). The van der Waals surface area contributed by atoms with Crippen molar-refractivity contribution in [2.75, 3.05) is 0 Å². The van der Waals surface area contributed by atoms with Gasteiger partial charge in [-0.3, -0.25) is 14.5 Å². The van der Waals surface area contributed by atoms with Crippen LogP contribution in [0.25, 0.3) is 0 Å². The molecule has 0 spiro atoms. The van der Waals surface area contributed by atoms with Crippen LogP contribution in [0.1, 0.15) is 24.0 Å². The minimum atomic E-state index is 0.0928. The van der Waals surface area contributed by atoms with E-state index in [0.29, 0.717) is 24.4 Å². The summed E-state index contributed by atoms with van der Waals surface area (Å²) in [5.41, 5.74) is 2.34. The number of ketones is 1. The quantitative estimate of drug-likeness (QED) is 0.844. The molecule has 5 heteroatoms. The number of nitrogens with zero attached hydrogens (tertiary/aromatic N) is 3. The summed E-state index contributed by atoms with van der Waals surface area (Å²) in [5.74, 6) is 0.0928. The van der Waals surface area contributed by atoms with Crippen molar-refractivity contribution in [3.63, 3.8) is 0 Å². The number of carbonyl (C=O) groups is 1. The molecule has 19 heavy (non-hydrogen) atoms. The summed E-state index contributed by atoms with van der Waals surface area (Å²) in [6, 6.07) is 5.56. The van der Waals surface area contributed by atoms with E-state index in [2.05, 4.69) is 10.1 Å². The Labute approximate surface area is 117 Å². The van der Waals surface area contributed by atoms with Crippen molar-refractivity contribution in [2.24, 2.45) is 0 Å². The van der Waals surface area contributed by atoms with E-state index in [9.17, 15) is 4.79 Å². The first kappa shape index (κ1) is 13.7. The van der Waals surface area contributed by atoms with Crippen LogP contribution < -0.4 is 0 Å². The van der Waals surface area contributed by atoms with Gasteiger partial charge in [-0.1, -0.05) is 17.7 Å². The number of pyridine rings is 1. The molecule has 0 unspecified atom stereocenters. The van der Waals surface area contributed by atoms with Crippen molar-refractivity contribution in [1.82, 2.24) is 14.8 Å². The number of rotatable bonds is 5. The summed E-state index contributed by atoms with van der Waals surface area (Å²) < 4.78 is 1.79. The minimum absolute atomic E-state index is 0.0928. The van der Waals surface area contributed by atoms with E-state index in [1.807, 2.05) is 32.0 Å². The maximum absolute atomic E-state index is 12.1. The summed E-state index contributed by atoms with van der Waals surface area (Å²) in [6.07, 6.45) is 2.31. The van der Waals surface area contributed by atoms with E-state index in [-0.39, 0.29) is 5.78 Å². The summed E-state index contributed by atoms with van der Waals surface area (Å²) in [4.78, 5) is 16.2. The zero-order chi connectivity index (χ0) is 13.8. The lowest BCUT2D eigenvalue weighted by Gasteiger charge is -2.04. The molecule has 0 aliphatic heterocycles. The Bertz CT molecular complexity index is 578. The van der Waals surface area contributed by atoms with Crippen molar-refractivity contribution in [1.29, 1.82) is 0 Å². The van der Waals surface area contributed by atoms with Crippen molar-refractivity contribution in [2.45, 2.75) is 33.2 Å². The fraction of sp³-hybridized carbons (Fsp3) is 0.357. The first-order valence-corrected chi connectivity index (χ1v) is 6.63. The maximum Gasteiger partial charge on any atom is 0.144 e. The number of hydrogen-bond donors (Lipinski definition) is 0. The Morgan fingerprint density at radius 3 is 2.79 bits per heavy atom. The van der Waals surface area contributed by atoms with Crippen molar-refractivity contribution in [3.8, 4) is 0 Å². The highest BCUT2D eigenvalue weighted by atomic mass is 35.5. The SMILES string of the molecule is CCn1nc(C)c(Cl)c1CC(=O)Cc1ccccn1. The van der Waals surface area contributed by atoms with Crippen LogP contribution in [0, 0.1) is 6.92 Å². The lowest BCUT2D eigenvalue weighted by atomic mass is 10.1. The van der Waals surface area contributed by atoms with Gasteiger partial charge in [0.1, 0.15) is 5.78 Å². The predicted octanol–water partition coefficient (Wildman–Crippen LogP) is 2.61. The maximum atomic E-state index is 12.1. The Morgan fingerprint density at radius 1 is 1.37 bits per heavy atom. The van der Waals surface area contributed by atoms with Gasteiger partial charge in [0.2, 0.25) is 0 Å². The molecule has 0 radical (unpaired) electrons. The molecular formula is C14H16ClN3O. The monoisotopic (exact) mass is 277 g/mol. The molecule has 0 aliphatic rings. The highest BCUT2D eigenvalue weighted by Gasteiger charge is 2.16. The van der Waals surface area contributed by atoms with Crippen LogP contribution in [0.5, 0.6) is 0 Å². The zero-order valence-corrected chi connectivity index (χ0v) is 11.8. The summed E-state index contributed by atoms with van der Waals surface area (Å²) in [7, 11) is 0. The lowest BCUT2D eigenvalue weighted by Crippen LogP contribution is -2.12. The molecule has 0 amide bonds. The topological polar surface area (TPSA) is 47.8 Å². The third kappa shape index (κ3) is 3.20. The number of carbonyl (C=O) groups excluding carboxylic acids is 1. The average molecular weight is 278 g/mol. The number of aromatic nitrogens is 3. The van der Waals surface area contributed by atoms with Crippen LogP contribution >= 0.6 is 11.6 Å². The van der Waals surface area contributed by atoms with E-state index in [4.69, 9.17) is 11.6 Å². The van der Waals surface area contributed by atoms with Crippen LogP contribution in [-0.2, 0) is 24.2 Å². The fourth-order valence-electron chi connectivity index (χ4n) is 1.99. The van der Waals surface area contributed by atoms with E-state index in [1.165, 1.54) is 0 Å². The second-order valence-corrected chi connectivity index (χ2v) is 4.75. The number of aryl methyl sites for hydroxylation is 2. The average Bonchev–Trinajstić information content (AvgIpc) is 2.67. The Morgan fingerprint density at radius 2 is 2.16 bits per heavy atom. The van der Waals surface area contributed by atoms with E-state index in [0.717, 1.165) is 17.1 Å². The Hall–Kier alpha value is -1.68. The molecule has 4 nitrogen and oxygen atoms in total. The smallest absolute Gasteiger partial charge is 0.144 e. The first-order chi connectivity index (χ1) is 9.11. The fourth-order valence-corrected chi connectivity index (χ4v) is 2.19. The molecule has 2 heterocycles. The molecular weight excluding hydrogens is 262 g/mol. The molecule has 0 aromatic carbocycles. The van der Waals surface area contributed by atoms with Gasteiger partial charge in [0.05, 0.1) is 22.8 Å². The van der Waals surface area contributed by atoms with Crippen molar-refractivity contribution >= 4 is 17.4 Å². The number of hydrogen-bond acceptors (Lipinski definition) is 3. The predicted molar refractivity (Wildman–Crippen MR) is 74.3 cm³/mol. The van der Waals surface area contributed by atoms with Crippen LogP contribution in [0.4, 0.5) is 0 Å². The molecule has 2 aromatic rings. The summed E-state index contributed by atoms with van der Waals surface area (Å²) >= 11 is 6.19. The molecule has 100 valence electrons. The largest absolute Gasteiger partial charge is 0.299 e. The second-order valence-electron chi connectivity index (χ2n) is 4.38. The van der Waals surface area contributed by atoms with Gasteiger partial charge < -0.3 is 0 Å². The van der Waals surface area contributed by atoms with Crippen LogP contribution in [0.2, 0.25) is 5.02 Å². The summed E-state index contributed by atoms with van der Waals surface area (Å²) in [6.45, 7) is 4.54. The minimum Gasteiger partial charge on any atom is -0.299 e. The second kappa shape index (κ2) is 5.97. The molecule has 2 aromatic heterocycles. The van der Waals surface area contributed by atoms with Crippen LogP contribution in [0.15, 0.2) is 24.4 Å². The van der Waals surface area contributed by atoms with Gasteiger partial charge in [-0.05, 0) is 26.0 Å². The summed E-state index contributed by atoms with van der Waals surface area (Å²) in [5, 5.41) is 4.90.